The first-order valence-electron chi connectivity index (χ1n) is 11.4. The summed E-state index contributed by atoms with van der Waals surface area (Å²) >= 11 is 0. The molecule has 0 aliphatic heterocycles. The van der Waals surface area contributed by atoms with Gasteiger partial charge in [0.15, 0.2) is 11.4 Å². The molecule has 0 atom stereocenters. The van der Waals surface area contributed by atoms with E-state index in [0.29, 0.717) is 11.4 Å². The van der Waals surface area contributed by atoms with Gasteiger partial charge in [-0.1, -0.05) is 0 Å². The van der Waals surface area contributed by atoms with Crippen LogP contribution in [0, 0.1) is 39.3 Å². The van der Waals surface area contributed by atoms with Crippen molar-refractivity contribution in [3.05, 3.63) is 81.5 Å². The molecule has 0 bridgehead atoms. The summed E-state index contributed by atoms with van der Waals surface area (Å²) in [5.41, 5.74) is 10.8. The standard InChI is InChI=1S/2C12H12F4N4/c1-6-3-11(12(14,15)16)19-20(6)5-10-8(13)4-9(17)7(2)18-10;1-6-3-11(12(14,15)16)19-20(6)5-10-9(17)4-8(13)7(2)18-10/h2*3-4H,5,17H2,1-2H3. The highest BCUT2D eigenvalue weighted by atomic mass is 19.4. The average Bonchev–Trinajstić information content (AvgIpc) is 3.38. The minimum absolute atomic E-state index is 0.00313. The Hall–Kier alpha value is -4.24. The Kier molecular flexibility index (Phi) is 8.40. The Morgan fingerprint density at radius 1 is 0.625 bits per heavy atom. The zero-order chi connectivity index (χ0) is 30.2. The summed E-state index contributed by atoms with van der Waals surface area (Å²) in [6.07, 6.45) is -9.04. The zero-order valence-corrected chi connectivity index (χ0v) is 21.6. The molecule has 4 aromatic rings. The second-order valence-corrected chi connectivity index (χ2v) is 8.84. The summed E-state index contributed by atoms with van der Waals surface area (Å²) in [5, 5.41) is 6.90. The quantitative estimate of drug-likeness (QED) is 0.316. The zero-order valence-electron chi connectivity index (χ0n) is 21.6. The Balaban J connectivity index is 0.000000220. The van der Waals surface area contributed by atoms with Gasteiger partial charge in [-0.05, 0) is 39.8 Å². The Labute approximate surface area is 222 Å². The van der Waals surface area contributed by atoms with E-state index in [9.17, 15) is 35.1 Å². The van der Waals surface area contributed by atoms with E-state index >= 15 is 0 Å². The molecule has 0 saturated carbocycles. The van der Waals surface area contributed by atoms with E-state index in [1.165, 1.54) is 20.8 Å². The summed E-state index contributed by atoms with van der Waals surface area (Å²) < 4.78 is 104. The van der Waals surface area contributed by atoms with Crippen LogP contribution in [-0.2, 0) is 25.4 Å². The molecule has 8 nitrogen and oxygen atoms in total. The van der Waals surface area contributed by atoms with Crippen LogP contribution in [0.4, 0.5) is 46.5 Å². The molecule has 0 aliphatic carbocycles. The number of alkyl halides is 6. The van der Waals surface area contributed by atoms with Gasteiger partial charge in [0, 0.05) is 23.5 Å². The maximum Gasteiger partial charge on any atom is 0.435 e. The molecule has 0 unspecified atom stereocenters. The highest BCUT2D eigenvalue weighted by Crippen LogP contribution is 2.30. The lowest BCUT2D eigenvalue weighted by atomic mass is 10.2. The van der Waals surface area contributed by atoms with Gasteiger partial charge in [0.05, 0.1) is 47.2 Å². The molecule has 0 amide bonds. The predicted molar refractivity (Wildman–Crippen MR) is 129 cm³/mol. The number of pyridine rings is 2. The van der Waals surface area contributed by atoms with E-state index in [1.54, 1.807) is 6.92 Å². The number of nitrogens with two attached hydrogens (primary N) is 2. The van der Waals surface area contributed by atoms with Gasteiger partial charge in [-0.2, -0.15) is 36.5 Å². The minimum atomic E-state index is -4.53. The van der Waals surface area contributed by atoms with Crippen molar-refractivity contribution in [3.63, 3.8) is 0 Å². The van der Waals surface area contributed by atoms with Crippen molar-refractivity contribution in [2.75, 3.05) is 11.5 Å². The van der Waals surface area contributed by atoms with E-state index in [-0.39, 0.29) is 47.2 Å². The van der Waals surface area contributed by atoms with Crippen LogP contribution in [0.15, 0.2) is 24.3 Å². The molecule has 16 heteroatoms. The molecule has 40 heavy (non-hydrogen) atoms. The van der Waals surface area contributed by atoms with E-state index < -0.39 is 35.4 Å². The van der Waals surface area contributed by atoms with Gasteiger partial charge in [-0.25, -0.2) is 8.78 Å². The maximum atomic E-state index is 13.7. The largest absolute Gasteiger partial charge is 0.435 e. The van der Waals surface area contributed by atoms with Crippen molar-refractivity contribution in [1.82, 2.24) is 29.5 Å². The third-order valence-corrected chi connectivity index (χ3v) is 5.68. The van der Waals surface area contributed by atoms with Crippen LogP contribution < -0.4 is 11.5 Å². The normalized spacial score (nSPS) is 11.9. The minimum Gasteiger partial charge on any atom is -0.397 e. The van der Waals surface area contributed by atoms with Gasteiger partial charge in [0.25, 0.3) is 0 Å². The molecule has 216 valence electrons. The first-order chi connectivity index (χ1) is 18.4. The molecule has 0 spiro atoms. The van der Waals surface area contributed by atoms with Crippen LogP contribution in [0.1, 0.15) is 45.6 Å². The third kappa shape index (κ3) is 7.04. The fourth-order valence-electron chi connectivity index (χ4n) is 3.43. The smallest absolute Gasteiger partial charge is 0.397 e. The lowest BCUT2D eigenvalue weighted by Crippen LogP contribution is -2.12. The number of nitrogen functional groups attached to an aromatic ring is 2. The average molecular weight is 576 g/mol. The van der Waals surface area contributed by atoms with E-state index in [0.717, 1.165) is 33.6 Å². The van der Waals surface area contributed by atoms with Crippen molar-refractivity contribution in [3.8, 4) is 0 Å². The van der Waals surface area contributed by atoms with Crippen LogP contribution in [0.25, 0.3) is 0 Å². The lowest BCUT2D eigenvalue weighted by molar-refractivity contribution is -0.142. The molecule has 0 aromatic carbocycles. The number of halogens is 8. The Morgan fingerprint density at radius 2 is 1.05 bits per heavy atom. The maximum absolute atomic E-state index is 13.7. The third-order valence-electron chi connectivity index (χ3n) is 5.68. The molecule has 4 aromatic heterocycles. The molecule has 4 rings (SSSR count). The predicted octanol–water partition coefficient (Wildman–Crippen LogP) is 5.37. The van der Waals surface area contributed by atoms with Crippen LogP contribution in [0.2, 0.25) is 0 Å². The second-order valence-electron chi connectivity index (χ2n) is 8.84. The molecule has 0 fully saturated rings. The Morgan fingerprint density at radius 3 is 1.50 bits per heavy atom. The van der Waals surface area contributed by atoms with E-state index in [1.807, 2.05) is 0 Å². The topological polar surface area (TPSA) is 113 Å². The number of aryl methyl sites for hydroxylation is 4. The molecule has 4 N–H and O–H groups in total. The monoisotopic (exact) mass is 576 g/mol. The molecule has 0 saturated heterocycles. The molecule has 4 heterocycles. The van der Waals surface area contributed by atoms with Crippen LogP contribution in [0.5, 0.6) is 0 Å². The van der Waals surface area contributed by atoms with Crippen molar-refractivity contribution >= 4 is 11.4 Å². The van der Waals surface area contributed by atoms with Gasteiger partial charge < -0.3 is 11.5 Å². The summed E-state index contributed by atoms with van der Waals surface area (Å²) in [7, 11) is 0. The number of anilines is 2. The highest BCUT2D eigenvalue weighted by molar-refractivity contribution is 5.44. The van der Waals surface area contributed by atoms with Gasteiger partial charge in [0.2, 0.25) is 0 Å². The number of hydrogen-bond acceptors (Lipinski definition) is 6. The van der Waals surface area contributed by atoms with Crippen LogP contribution >= 0.6 is 0 Å². The first-order valence-corrected chi connectivity index (χ1v) is 11.4. The fourth-order valence-corrected chi connectivity index (χ4v) is 3.43. The number of aromatic nitrogens is 6. The molecular formula is C24H24F8N8. The Bertz CT molecular complexity index is 1410. The first kappa shape index (κ1) is 30.3. The van der Waals surface area contributed by atoms with Crippen molar-refractivity contribution in [1.29, 1.82) is 0 Å². The SMILES string of the molecule is Cc1nc(Cn2nc(C(F)(F)F)cc2C)c(F)cc1N.Cc1nc(Cn2nc(C(F)(F)F)cc2C)c(N)cc1F. The summed E-state index contributed by atoms with van der Waals surface area (Å²) in [4.78, 5) is 7.88. The van der Waals surface area contributed by atoms with Crippen molar-refractivity contribution in [2.24, 2.45) is 0 Å². The van der Waals surface area contributed by atoms with Crippen LogP contribution in [-0.4, -0.2) is 29.5 Å². The summed E-state index contributed by atoms with van der Waals surface area (Å²) in [6.45, 7) is 5.77. The lowest BCUT2D eigenvalue weighted by Gasteiger charge is -2.08. The van der Waals surface area contributed by atoms with E-state index in [2.05, 4.69) is 20.2 Å². The highest BCUT2D eigenvalue weighted by Gasteiger charge is 2.35. The summed E-state index contributed by atoms with van der Waals surface area (Å²) in [5.74, 6) is -1.23. The molecule has 0 aliphatic rings. The number of hydrogen-bond donors (Lipinski definition) is 2. The summed E-state index contributed by atoms with van der Waals surface area (Å²) in [6, 6.07) is 4.04. The van der Waals surface area contributed by atoms with Gasteiger partial charge >= 0.3 is 12.4 Å². The van der Waals surface area contributed by atoms with Gasteiger partial charge in [-0.15, -0.1) is 0 Å². The van der Waals surface area contributed by atoms with Crippen molar-refractivity contribution in [2.45, 2.75) is 53.1 Å². The van der Waals surface area contributed by atoms with Crippen LogP contribution in [0.3, 0.4) is 0 Å². The number of rotatable bonds is 4. The van der Waals surface area contributed by atoms with Crippen molar-refractivity contribution < 1.29 is 35.1 Å². The molecule has 0 radical (unpaired) electrons. The molecular weight excluding hydrogens is 552 g/mol. The fraction of sp³-hybridized carbons (Fsp3) is 0.333. The second kappa shape index (κ2) is 11.1. The van der Waals surface area contributed by atoms with E-state index in [4.69, 9.17) is 11.5 Å². The number of nitrogens with zero attached hydrogens (tertiary/aromatic N) is 6. The van der Waals surface area contributed by atoms with Gasteiger partial charge in [-0.3, -0.25) is 19.3 Å². The van der Waals surface area contributed by atoms with Gasteiger partial charge in [0.1, 0.15) is 11.6 Å².